The molecule has 172 valence electrons. The molecule has 31 heavy (non-hydrogen) atoms. The topological polar surface area (TPSA) is 55.8 Å². The number of allylic oxidation sites excluding steroid dienone is 2. The van der Waals surface area contributed by atoms with Gasteiger partial charge in [-0.05, 0) is 80.1 Å². The molecule has 4 nitrogen and oxygen atoms in total. The van der Waals surface area contributed by atoms with E-state index in [9.17, 15) is 9.90 Å². The maximum absolute atomic E-state index is 13.9. The summed E-state index contributed by atoms with van der Waals surface area (Å²) in [6, 6.07) is 0. The highest BCUT2D eigenvalue weighted by atomic mass is 16.7. The summed E-state index contributed by atoms with van der Waals surface area (Å²) in [5.74, 6) is 2.41. The molecule has 0 radical (unpaired) electrons. The van der Waals surface area contributed by atoms with E-state index in [4.69, 9.17) is 9.47 Å². The van der Waals surface area contributed by atoms with Crippen molar-refractivity contribution in [2.24, 2.45) is 46.3 Å². The molecule has 11 atom stereocenters. The molecule has 2 saturated heterocycles. The lowest BCUT2D eigenvalue weighted by Crippen LogP contribution is -2.53. The standard InChI is InChI=1S/C27H40O4/c1-15-7-10-27(30-14-15)16(2)24-22(31-27)12-21-19-6-5-17-11-18(28)8-9-25(17,3)20(19)13-23(29)26(21,24)4/h13,15-19,21-22,24,28H,5-12,14H2,1-4H3/t15?,16-,17+,18?,19?,21?,22?,24?,25-,26-,27+/m1/s1. The summed E-state index contributed by atoms with van der Waals surface area (Å²) in [4.78, 5) is 13.9. The van der Waals surface area contributed by atoms with Crippen LogP contribution in [0.4, 0.5) is 0 Å². The Morgan fingerprint density at radius 1 is 1.06 bits per heavy atom. The minimum Gasteiger partial charge on any atom is -0.393 e. The van der Waals surface area contributed by atoms with Gasteiger partial charge < -0.3 is 14.6 Å². The molecule has 0 aromatic heterocycles. The number of carbonyl (C=O) groups is 1. The molecule has 0 bridgehead atoms. The predicted octanol–water partition coefficient (Wildman–Crippen LogP) is 4.89. The number of ether oxygens (including phenoxy) is 2. The Labute approximate surface area is 187 Å². The normalized spacial score (nSPS) is 58.4. The lowest BCUT2D eigenvalue weighted by molar-refractivity contribution is -0.271. The second-order valence-corrected chi connectivity index (χ2v) is 12.6. The van der Waals surface area contributed by atoms with Crippen LogP contribution in [0.2, 0.25) is 0 Å². The number of hydrogen-bond donors (Lipinski definition) is 1. The summed E-state index contributed by atoms with van der Waals surface area (Å²) < 4.78 is 13.2. The summed E-state index contributed by atoms with van der Waals surface area (Å²) in [6.07, 6.45) is 10.3. The van der Waals surface area contributed by atoms with Gasteiger partial charge in [-0.15, -0.1) is 0 Å². The van der Waals surface area contributed by atoms with Crippen LogP contribution in [0.3, 0.4) is 0 Å². The van der Waals surface area contributed by atoms with Gasteiger partial charge in [-0.1, -0.05) is 33.3 Å². The van der Waals surface area contributed by atoms with Crippen LogP contribution in [-0.4, -0.2) is 35.5 Å². The maximum Gasteiger partial charge on any atom is 0.171 e. The molecule has 2 aliphatic heterocycles. The second-order valence-electron chi connectivity index (χ2n) is 12.6. The molecule has 2 heterocycles. The molecule has 5 fully saturated rings. The number of aliphatic hydroxyl groups is 1. The van der Waals surface area contributed by atoms with E-state index in [-0.39, 0.29) is 34.9 Å². The molecular formula is C27H40O4. The first kappa shape index (κ1) is 20.9. The number of hydrogen-bond acceptors (Lipinski definition) is 4. The van der Waals surface area contributed by atoms with Crippen molar-refractivity contribution in [2.75, 3.05) is 6.61 Å². The third-order valence-electron chi connectivity index (χ3n) is 11.2. The Hall–Kier alpha value is -0.710. The third-order valence-corrected chi connectivity index (χ3v) is 11.2. The first-order valence-corrected chi connectivity index (χ1v) is 13.0. The molecule has 6 aliphatic rings. The number of ketones is 1. The van der Waals surface area contributed by atoms with Gasteiger partial charge in [0.25, 0.3) is 0 Å². The van der Waals surface area contributed by atoms with Crippen molar-refractivity contribution in [2.45, 2.75) is 97.1 Å². The van der Waals surface area contributed by atoms with Gasteiger partial charge in [0.1, 0.15) is 0 Å². The molecule has 3 saturated carbocycles. The fraction of sp³-hybridized carbons (Fsp3) is 0.889. The number of rotatable bonds is 0. The van der Waals surface area contributed by atoms with Gasteiger partial charge in [0.2, 0.25) is 0 Å². The Morgan fingerprint density at radius 3 is 2.61 bits per heavy atom. The van der Waals surface area contributed by atoms with Crippen LogP contribution in [-0.2, 0) is 14.3 Å². The van der Waals surface area contributed by atoms with Gasteiger partial charge in [-0.25, -0.2) is 0 Å². The summed E-state index contributed by atoms with van der Waals surface area (Å²) in [5, 5.41) is 10.3. The summed E-state index contributed by atoms with van der Waals surface area (Å²) >= 11 is 0. The van der Waals surface area contributed by atoms with E-state index in [2.05, 4.69) is 33.8 Å². The van der Waals surface area contributed by atoms with Crippen molar-refractivity contribution in [3.63, 3.8) is 0 Å². The van der Waals surface area contributed by atoms with E-state index in [0.717, 1.165) is 45.1 Å². The summed E-state index contributed by atoms with van der Waals surface area (Å²) in [6.45, 7) is 9.97. The Kier molecular flexibility index (Phi) is 4.49. The van der Waals surface area contributed by atoms with E-state index in [0.29, 0.717) is 29.5 Å². The van der Waals surface area contributed by atoms with Crippen molar-refractivity contribution in [1.82, 2.24) is 0 Å². The van der Waals surface area contributed by atoms with Crippen LogP contribution in [0.25, 0.3) is 0 Å². The van der Waals surface area contributed by atoms with Crippen LogP contribution in [0.5, 0.6) is 0 Å². The van der Waals surface area contributed by atoms with Crippen molar-refractivity contribution in [3.8, 4) is 0 Å². The van der Waals surface area contributed by atoms with E-state index in [1.54, 1.807) is 0 Å². The Balaban J connectivity index is 1.34. The predicted molar refractivity (Wildman–Crippen MR) is 118 cm³/mol. The highest BCUT2D eigenvalue weighted by Crippen LogP contribution is 2.69. The first-order chi connectivity index (χ1) is 14.7. The van der Waals surface area contributed by atoms with Crippen molar-refractivity contribution < 1.29 is 19.4 Å². The fourth-order valence-corrected chi connectivity index (χ4v) is 9.28. The highest BCUT2D eigenvalue weighted by Gasteiger charge is 2.70. The van der Waals surface area contributed by atoms with Gasteiger partial charge in [0, 0.05) is 23.7 Å². The van der Waals surface area contributed by atoms with E-state index < -0.39 is 5.79 Å². The zero-order valence-corrected chi connectivity index (χ0v) is 19.7. The monoisotopic (exact) mass is 428 g/mol. The van der Waals surface area contributed by atoms with Gasteiger partial charge in [-0.3, -0.25) is 4.79 Å². The van der Waals surface area contributed by atoms with Crippen LogP contribution in [0.1, 0.15) is 79.1 Å². The zero-order valence-electron chi connectivity index (χ0n) is 19.7. The average molecular weight is 429 g/mol. The van der Waals surface area contributed by atoms with Gasteiger partial charge >= 0.3 is 0 Å². The van der Waals surface area contributed by atoms with Crippen LogP contribution in [0, 0.1) is 46.3 Å². The minimum atomic E-state index is -0.469. The van der Waals surface area contributed by atoms with Crippen LogP contribution in [0.15, 0.2) is 11.6 Å². The lowest BCUT2D eigenvalue weighted by atomic mass is 9.48. The molecular weight excluding hydrogens is 388 g/mol. The van der Waals surface area contributed by atoms with E-state index >= 15 is 0 Å². The van der Waals surface area contributed by atoms with Crippen molar-refractivity contribution >= 4 is 5.78 Å². The highest BCUT2D eigenvalue weighted by molar-refractivity contribution is 5.97. The molecule has 1 N–H and O–H groups in total. The quantitative estimate of drug-likeness (QED) is 0.597. The van der Waals surface area contributed by atoms with E-state index in [1.807, 2.05) is 0 Å². The molecule has 1 spiro atoms. The van der Waals surface area contributed by atoms with Gasteiger partial charge in [-0.2, -0.15) is 0 Å². The molecule has 0 aromatic rings. The lowest BCUT2D eigenvalue weighted by Gasteiger charge is -2.56. The SMILES string of the molecule is CC1CC[C@]2(OC1)OC1CC3C4CC[C@H]5CC(O)CC[C@@]5(C)C4=CC(=O)[C@]3(C)C1[C@H]2C. The maximum atomic E-state index is 13.9. The average Bonchev–Trinajstić information content (AvgIpc) is 3.18. The Morgan fingerprint density at radius 2 is 1.87 bits per heavy atom. The minimum absolute atomic E-state index is 0.0904. The molecule has 0 amide bonds. The molecule has 4 heteroatoms. The van der Waals surface area contributed by atoms with Crippen molar-refractivity contribution in [3.05, 3.63) is 11.6 Å². The van der Waals surface area contributed by atoms with Gasteiger partial charge in [0.05, 0.1) is 18.8 Å². The Bertz CT molecular complexity index is 810. The number of carbonyl (C=O) groups excluding carboxylic acids is 1. The smallest absolute Gasteiger partial charge is 0.171 e. The fourth-order valence-electron chi connectivity index (χ4n) is 9.28. The molecule has 0 aromatic carbocycles. The molecule has 6 unspecified atom stereocenters. The van der Waals surface area contributed by atoms with E-state index in [1.165, 1.54) is 18.4 Å². The largest absolute Gasteiger partial charge is 0.393 e. The summed E-state index contributed by atoms with van der Waals surface area (Å²) in [5.41, 5.74) is 1.19. The molecule has 6 rings (SSSR count). The van der Waals surface area contributed by atoms with Gasteiger partial charge in [0.15, 0.2) is 11.6 Å². The van der Waals surface area contributed by atoms with Crippen LogP contribution >= 0.6 is 0 Å². The number of aliphatic hydroxyl groups excluding tert-OH is 1. The first-order valence-electron chi connectivity index (χ1n) is 13.0. The second kappa shape index (κ2) is 6.67. The number of fused-ring (bicyclic) bond motifs is 7. The molecule has 4 aliphatic carbocycles. The third kappa shape index (κ3) is 2.62. The zero-order chi connectivity index (χ0) is 21.8. The van der Waals surface area contributed by atoms with Crippen molar-refractivity contribution in [1.29, 1.82) is 0 Å². The summed E-state index contributed by atoms with van der Waals surface area (Å²) in [7, 11) is 0. The van der Waals surface area contributed by atoms with Crippen LogP contribution < -0.4 is 0 Å².